The number of aromatic nitrogens is 2. The van der Waals surface area contributed by atoms with Crippen molar-refractivity contribution in [2.24, 2.45) is 0 Å². The Bertz CT molecular complexity index is 560. The van der Waals surface area contributed by atoms with Gasteiger partial charge in [0.25, 0.3) is 0 Å². The lowest BCUT2D eigenvalue weighted by Crippen LogP contribution is -2.13. The number of fused-ring (bicyclic) bond motifs is 1. The molecule has 0 bridgehead atoms. The van der Waals surface area contributed by atoms with Crippen molar-refractivity contribution >= 4 is 23.6 Å². The van der Waals surface area contributed by atoms with Gasteiger partial charge in [0, 0.05) is 28.6 Å². The van der Waals surface area contributed by atoms with E-state index in [2.05, 4.69) is 15.3 Å². The number of H-pyrrole nitrogens is 1. The number of ether oxygens (including phenoxy) is 1. The van der Waals surface area contributed by atoms with Crippen molar-refractivity contribution in [1.82, 2.24) is 9.97 Å². The Morgan fingerprint density at radius 1 is 1.50 bits per heavy atom. The first kappa shape index (κ1) is 10.1. The van der Waals surface area contributed by atoms with E-state index >= 15 is 0 Å². The number of aromatic amines is 1. The average molecular weight is 250 g/mol. The van der Waals surface area contributed by atoms with Gasteiger partial charge in [-0.05, 0) is 11.4 Å². The van der Waals surface area contributed by atoms with E-state index in [0.29, 0.717) is 11.2 Å². The minimum absolute atomic E-state index is 0.585. The van der Waals surface area contributed by atoms with Crippen LogP contribution in [0.1, 0.15) is 11.3 Å². The van der Waals surface area contributed by atoms with E-state index in [1.165, 1.54) is 5.69 Å². The molecule has 3 heterocycles. The standard InChI is InChI=1S/C11H10N2OS2/c15-11-8-5-14-3-1-9(8)12-10(13-11)7-2-4-16-6-7/h2,4,6H,1,3,5H2,(H,12,13,15). The largest absolute Gasteiger partial charge is 0.376 e. The van der Waals surface area contributed by atoms with Gasteiger partial charge in [-0.2, -0.15) is 11.3 Å². The van der Waals surface area contributed by atoms with Gasteiger partial charge in [-0.25, -0.2) is 4.98 Å². The van der Waals surface area contributed by atoms with E-state index in [1.807, 2.05) is 11.4 Å². The lowest BCUT2D eigenvalue weighted by molar-refractivity contribution is 0.108. The molecule has 0 fully saturated rings. The number of thiophene rings is 1. The lowest BCUT2D eigenvalue weighted by atomic mass is 10.1. The Morgan fingerprint density at radius 3 is 3.25 bits per heavy atom. The summed E-state index contributed by atoms with van der Waals surface area (Å²) in [5, 5.41) is 4.11. The molecule has 2 aromatic rings. The summed E-state index contributed by atoms with van der Waals surface area (Å²) in [6, 6.07) is 2.05. The number of nitrogens with zero attached hydrogens (tertiary/aromatic N) is 1. The topological polar surface area (TPSA) is 37.9 Å². The van der Waals surface area contributed by atoms with Gasteiger partial charge < -0.3 is 9.72 Å². The second kappa shape index (κ2) is 4.08. The molecule has 0 aromatic carbocycles. The fraction of sp³-hybridized carbons (Fsp3) is 0.273. The molecular weight excluding hydrogens is 240 g/mol. The molecule has 16 heavy (non-hydrogen) atoms. The SMILES string of the molecule is S=c1nc(-c2ccsc2)[nH]c2c1COCC2. The maximum absolute atomic E-state index is 5.38. The van der Waals surface area contributed by atoms with Crippen LogP contribution in [0.3, 0.4) is 0 Å². The van der Waals surface area contributed by atoms with Crippen LogP contribution < -0.4 is 0 Å². The molecule has 0 saturated heterocycles. The Labute approximate surface area is 102 Å². The molecule has 0 atom stereocenters. The van der Waals surface area contributed by atoms with Gasteiger partial charge in [0.2, 0.25) is 0 Å². The zero-order valence-electron chi connectivity index (χ0n) is 8.53. The molecule has 0 spiro atoms. The third kappa shape index (κ3) is 1.71. The van der Waals surface area contributed by atoms with Gasteiger partial charge in [0.15, 0.2) is 0 Å². The summed E-state index contributed by atoms with van der Waals surface area (Å²) in [7, 11) is 0. The maximum Gasteiger partial charge on any atom is 0.139 e. The highest BCUT2D eigenvalue weighted by Crippen LogP contribution is 2.22. The summed E-state index contributed by atoms with van der Waals surface area (Å²) in [5.41, 5.74) is 3.32. The zero-order chi connectivity index (χ0) is 11.0. The van der Waals surface area contributed by atoms with E-state index < -0.39 is 0 Å². The summed E-state index contributed by atoms with van der Waals surface area (Å²) >= 11 is 6.95. The predicted octanol–water partition coefficient (Wildman–Crippen LogP) is 2.94. The Kier molecular flexibility index (Phi) is 2.59. The summed E-state index contributed by atoms with van der Waals surface area (Å²) < 4.78 is 6.04. The average Bonchev–Trinajstić information content (AvgIpc) is 2.82. The molecule has 0 saturated carbocycles. The summed E-state index contributed by atoms with van der Waals surface area (Å²) in [5.74, 6) is 0.868. The number of nitrogens with one attached hydrogen (secondary N) is 1. The molecular formula is C11H10N2OS2. The molecule has 82 valence electrons. The summed E-state index contributed by atoms with van der Waals surface area (Å²) in [6.45, 7) is 1.34. The molecule has 0 amide bonds. The molecule has 1 aliphatic rings. The van der Waals surface area contributed by atoms with Crippen LogP contribution >= 0.6 is 23.6 Å². The van der Waals surface area contributed by atoms with Crippen LogP contribution in [0, 0.1) is 4.64 Å². The fourth-order valence-corrected chi connectivity index (χ4v) is 2.71. The van der Waals surface area contributed by atoms with Gasteiger partial charge in [-0.15, -0.1) is 0 Å². The van der Waals surface area contributed by atoms with Crippen molar-refractivity contribution in [2.45, 2.75) is 13.0 Å². The van der Waals surface area contributed by atoms with Crippen LogP contribution in [0.15, 0.2) is 16.8 Å². The first-order valence-electron chi connectivity index (χ1n) is 5.07. The smallest absolute Gasteiger partial charge is 0.139 e. The second-order valence-corrected chi connectivity index (χ2v) is 4.83. The Hall–Kier alpha value is -1.04. The third-order valence-electron chi connectivity index (χ3n) is 2.64. The number of rotatable bonds is 1. The highest BCUT2D eigenvalue weighted by atomic mass is 32.1. The first-order valence-corrected chi connectivity index (χ1v) is 6.42. The number of hydrogen-bond acceptors (Lipinski definition) is 4. The minimum Gasteiger partial charge on any atom is -0.376 e. The van der Waals surface area contributed by atoms with E-state index in [0.717, 1.165) is 30.0 Å². The minimum atomic E-state index is 0.585. The van der Waals surface area contributed by atoms with E-state index in [-0.39, 0.29) is 0 Å². The highest BCUT2D eigenvalue weighted by molar-refractivity contribution is 7.71. The second-order valence-electron chi connectivity index (χ2n) is 3.66. The van der Waals surface area contributed by atoms with Crippen LogP contribution in [0.2, 0.25) is 0 Å². The maximum atomic E-state index is 5.38. The predicted molar refractivity (Wildman–Crippen MR) is 66.1 cm³/mol. The molecule has 0 unspecified atom stereocenters. The van der Waals surface area contributed by atoms with Gasteiger partial charge in [0.1, 0.15) is 10.5 Å². The van der Waals surface area contributed by atoms with Crippen LogP contribution in [0.5, 0.6) is 0 Å². The highest BCUT2D eigenvalue weighted by Gasteiger charge is 2.14. The first-order chi connectivity index (χ1) is 7.84. The Morgan fingerprint density at radius 2 is 2.44 bits per heavy atom. The molecule has 3 rings (SSSR count). The van der Waals surface area contributed by atoms with Crippen LogP contribution in [0.4, 0.5) is 0 Å². The Balaban J connectivity index is 2.16. The van der Waals surface area contributed by atoms with E-state index in [4.69, 9.17) is 17.0 Å². The fourth-order valence-electron chi connectivity index (χ4n) is 1.79. The summed E-state index contributed by atoms with van der Waals surface area (Å²) in [6.07, 6.45) is 0.888. The molecule has 0 aliphatic carbocycles. The normalized spacial score (nSPS) is 14.8. The quantitative estimate of drug-likeness (QED) is 0.791. The lowest BCUT2D eigenvalue weighted by Gasteiger charge is -2.16. The van der Waals surface area contributed by atoms with Gasteiger partial charge in [0.05, 0.1) is 13.2 Å². The zero-order valence-corrected chi connectivity index (χ0v) is 10.2. The van der Waals surface area contributed by atoms with E-state index in [1.54, 1.807) is 11.3 Å². The van der Waals surface area contributed by atoms with Crippen molar-refractivity contribution in [3.63, 3.8) is 0 Å². The van der Waals surface area contributed by atoms with Crippen LogP contribution in [-0.4, -0.2) is 16.6 Å². The number of hydrogen-bond donors (Lipinski definition) is 1. The van der Waals surface area contributed by atoms with Crippen molar-refractivity contribution < 1.29 is 4.74 Å². The molecule has 0 radical (unpaired) electrons. The van der Waals surface area contributed by atoms with Crippen LogP contribution in [-0.2, 0) is 17.8 Å². The molecule has 1 aliphatic heterocycles. The van der Waals surface area contributed by atoms with Gasteiger partial charge >= 0.3 is 0 Å². The van der Waals surface area contributed by atoms with Crippen molar-refractivity contribution in [3.8, 4) is 11.4 Å². The van der Waals surface area contributed by atoms with Gasteiger partial charge in [-0.3, -0.25) is 0 Å². The van der Waals surface area contributed by atoms with Crippen molar-refractivity contribution in [1.29, 1.82) is 0 Å². The molecule has 2 aromatic heterocycles. The molecule has 1 N–H and O–H groups in total. The molecule has 3 nitrogen and oxygen atoms in total. The monoisotopic (exact) mass is 250 g/mol. The van der Waals surface area contributed by atoms with Gasteiger partial charge in [-0.1, -0.05) is 12.2 Å². The third-order valence-corrected chi connectivity index (χ3v) is 3.66. The summed E-state index contributed by atoms with van der Waals surface area (Å²) in [4.78, 5) is 7.77. The van der Waals surface area contributed by atoms with Crippen molar-refractivity contribution in [3.05, 3.63) is 32.7 Å². The van der Waals surface area contributed by atoms with Crippen molar-refractivity contribution in [2.75, 3.05) is 6.61 Å². The van der Waals surface area contributed by atoms with E-state index in [9.17, 15) is 0 Å². The van der Waals surface area contributed by atoms with Crippen LogP contribution in [0.25, 0.3) is 11.4 Å². The molecule has 5 heteroatoms.